The van der Waals surface area contributed by atoms with Crippen molar-refractivity contribution in [2.45, 2.75) is 59.3 Å². The van der Waals surface area contributed by atoms with Gasteiger partial charge in [0.15, 0.2) is 0 Å². The Hall–Kier alpha value is -3.22. The number of unbranched alkanes of at least 4 members (excludes halogenated alkanes) is 3. The van der Waals surface area contributed by atoms with Crippen molar-refractivity contribution in [2.24, 2.45) is 0 Å². The molecule has 0 fully saturated rings. The molecule has 0 aliphatic carbocycles. The van der Waals surface area contributed by atoms with E-state index in [1.54, 1.807) is 5.30 Å². The Morgan fingerprint density at radius 3 is 1.77 bits per heavy atom. The Morgan fingerprint density at radius 1 is 0.600 bits per heavy atom. The van der Waals surface area contributed by atoms with E-state index >= 15 is 0 Å². The Kier molecular flexibility index (Phi) is 9.50. The van der Waals surface area contributed by atoms with Crippen LogP contribution in [-0.2, 0) is 0 Å². The van der Waals surface area contributed by atoms with Gasteiger partial charge >= 0.3 is 0 Å². The summed E-state index contributed by atoms with van der Waals surface area (Å²) in [6.45, 7) is 7.01. The van der Waals surface area contributed by atoms with Crippen LogP contribution in [0.4, 0.5) is 0 Å². The van der Waals surface area contributed by atoms with Gasteiger partial charge in [0.1, 0.15) is 0 Å². The van der Waals surface area contributed by atoms with Crippen LogP contribution in [0.25, 0.3) is 44.7 Å². The molecule has 0 radical (unpaired) electrons. The standard InChI is InChI=1S/C37H43N2P/c1-4-7-25-40(26-8-5-2,27-9-6-3)32-22-16-21-31(28-32)37-38-34-24-23-33(29-17-12-10-13-18-29)35(36(34)39-37)30-19-14-11-15-20-30/h10-24,28H,4-9,25-27H2,1-3H3. The summed E-state index contributed by atoms with van der Waals surface area (Å²) in [5.41, 5.74) is 7.84. The number of imidazole rings is 1. The van der Waals surface area contributed by atoms with Crippen LogP contribution >= 0.6 is 7.26 Å². The lowest BCUT2D eigenvalue weighted by Gasteiger charge is -2.28. The summed E-state index contributed by atoms with van der Waals surface area (Å²) in [7, 11) is -1.24. The van der Waals surface area contributed by atoms with Gasteiger partial charge in [0, 0.05) is 7.26 Å². The van der Waals surface area contributed by atoms with Crippen LogP contribution in [0.1, 0.15) is 59.3 Å². The third-order valence-electron chi connectivity index (χ3n) is 8.22. The van der Waals surface area contributed by atoms with E-state index in [4.69, 9.17) is 9.97 Å². The minimum absolute atomic E-state index is 0.846. The maximum Gasteiger partial charge on any atom is 0.0945 e. The first-order valence-corrected chi connectivity index (χ1v) is 17.6. The van der Waals surface area contributed by atoms with Gasteiger partial charge in [-0.25, -0.2) is 0 Å². The molecule has 4 aromatic carbocycles. The van der Waals surface area contributed by atoms with E-state index in [1.807, 2.05) is 0 Å². The van der Waals surface area contributed by atoms with Gasteiger partial charge in [-0.05, 0) is 70.2 Å². The van der Waals surface area contributed by atoms with Crippen LogP contribution in [0.15, 0.2) is 97.1 Å². The highest BCUT2D eigenvalue weighted by Gasteiger charge is 2.38. The van der Waals surface area contributed by atoms with Crippen molar-refractivity contribution >= 4 is 23.6 Å². The highest BCUT2D eigenvalue weighted by molar-refractivity contribution is 7.82. The van der Waals surface area contributed by atoms with Crippen molar-refractivity contribution in [1.29, 1.82) is 0 Å². The Balaban J connectivity index is 1.63. The van der Waals surface area contributed by atoms with Gasteiger partial charge in [0.25, 0.3) is 0 Å². The fourth-order valence-corrected chi connectivity index (χ4v) is 11.0. The molecule has 0 aliphatic rings. The Labute approximate surface area is 241 Å². The summed E-state index contributed by atoms with van der Waals surface area (Å²) < 4.78 is 0. The maximum absolute atomic E-state index is 5.26. The average molecular weight is 547 g/mol. The zero-order chi connectivity index (χ0) is 27.8. The fraction of sp³-hybridized carbons (Fsp3) is 0.324. The lowest BCUT2D eigenvalue weighted by atomic mass is 9.93. The molecule has 0 atom stereocenters. The fourth-order valence-electron chi connectivity index (χ4n) is 5.96. The number of fused-ring (bicyclic) bond motifs is 1. The number of hydrogen-bond acceptors (Lipinski definition) is 1. The minimum atomic E-state index is -1.24. The molecule has 40 heavy (non-hydrogen) atoms. The van der Waals surface area contributed by atoms with Gasteiger partial charge in [-0.1, -0.05) is 131 Å². The topological polar surface area (TPSA) is 27.0 Å². The average Bonchev–Trinajstić information content (AvgIpc) is 3.46. The van der Waals surface area contributed by atoms with E-state index in [1.165, 1.54) is 73.7 Å². The molecule has 0 unspecified atom stereocenters. The zero-order valence-corrected chi connectivity index (χ0v) is 25.3. The van der Waals surface area contributed by atoms with Crippen molar-refractivity contribution in [3.05, 3.63) is 97.1 Å². The SMILES string of the molecule is CCCC[P+](CCCC)(CCCC)c1cccc(-c2nc3ccc(-c4ccccc4)c(-c4ccccc4)c3[n-]2)c1. The lowest BCUT2D eigenvalue weighted by Crippen LogP contribution is -2.21. The van der Waals surface area contributed by atoms with Crippen LogP contribution in [0.5, 0.6) is 0 Å². The predicted octanol–water partition coefficient (Wildman–Crippen LogP) is 10.2. The molecule has 5 rings (SSSR count). The molecule has 0 N–H and O–H groups in total. The molecule has 3 heteroatoms. The number of nitrogens with zero attached hydrogens (tertiary/aromatic N) is 2. The van der Waals surface area contributed by atoms with E-state index in [9.17, 15) is 0 Å². The highest BCUT2D eigenvalue weighted by atomic mass is 31.2. The quantitative estimate of drug-likeness (QED) is 0.137. The zero-order valence-electron chi connectivity index (χ0n) is 24.4. The lowest BCUT2D eigenvalue weighted by molar-refractivity contribution is 0.841. The van der Waals surface area contributed by atoms with Crippen molar-refractivity contribution in [1.82, 2.24) is 9.97 Å². The molecule has 1 aromatic heterocycles. The van der Waals surface area contributed by atoms with E-state index in [-0.39, 0.29) is 0 Å². The summed E-state index contributed by atoms with van der Waals surface area (Å²) in [4.78, 5) is 10.4. The molecule has 5 aromatic rings. The van der Waals surface area contributed by atoms with Gasteiger partial charge in [0.2, 0.25) is 0 Å². The van der Waals surface area contributed by atoms with Gasteiger partial charge < -0.3 is 9.97 Å². The Bertz CT molecular complexity index is 1480. The predicted molar refractivity (Wildman–Crippen MR) is 177 cm³/mol. The number of hydrogen-bond donors (Lipinski definition) is 0. The van der Waals surface area contributed by atoms with Crippen LogP contribution in [-0.4, -0.2) is 23.5 Å². The van der Waals surface area contributed by atoms with Gasteiger partial charge in [-0.15, -0.1) is 0 Å². The smallest absolute Gasteiger partial charge is 0.0945 e. The summed E-state index contributed by atoms with van der Waals surface area (Å²) in [5.74, 6) is 0.846. The van der Waals surface area contributed by atoms with Crippen LogP contribution in [0.3, 0.4) is 0 Å². The van der Waals surface area contributed by atoms with Crippen molar-refractivity contribution in [2.75, 3.05) is 18.5 Å². The number of rotatable bonds is 13. The van der Waals surface area contributed by atoms with Gasteiger partial charge in [0.05, 0.1) is 23.8 Å². The summed E-state index contributed by atoms with van der Waals surface area (Å²) in [6, 6.07) is 35.0. The molecule has 0 spiro atoms. The van der Waals surface area contributed by atoms with Crippen LogP contribution in [0.2, 0.25) is 0 Å². The third kappa shape index (κ3) is 6.08. The molecular weight excluding hydrogens is 503 g/mol. The maximum atomic E-state index is 5.26. The summed E-state index contributed by atoms with van der Waals surface area (Å²) >= 11 is 0. The largest absolute Gasteiger partial charge is 0.435 e. The van der Waals surface area contributed by atoms with Crippen molar-refractivity contribution < 1.29 is 0 Å². The summed E-state index contributed by atoms with van der Waals surface area (Å²) in [6.07, 6.45) is 11.9. The molecule has 0 amide bonds. The second-order valence-electron chi connectivity index (χ2n) is 11.1. The molecule has 0 aliphatic heterocycles. The van der Waals surface area contributed by atoms with Crippen molar-refractivity contribution in [3.63, 3.8) is 0 Å². The molecule has 2 nitrogen and oxygen atoms in total. The third-order valence-corrected chi connectivity index (χ3v) is 13.1. The molecule has 0 saturated carbocycles. The summed E-state index contributed by atoms with van der Waals surface area (Å²) in [5, 5.41) is 1.59. The molecular formula is C37H43N2P. The molecule has 1 heterocycles. The van der Waals surface area contributed by atoms with Crippen LogP contribution in [0, 0.1) is 0 Å². The second-order valence-corrected chi connectivity index (χ2v) is 15.2. The first-order chi connectivity index (χ1) is 19.7. The highest BCUT2D eigenvalue weighted by Crippen LogP contribution is 2.59. The normalized spacial score (nSPS) is 11.8. The minimum Gasteiger partial charge on any atom is -0.435 e. The van der Waals surface area contributed by atoms with Crippen LogP contribution < -0.4 is 10.3 Å². The molecule has 0 saturated heterocycles. The van der Waals surface area contributed by atoms with E-state index < -0.39 is 7.26 Å². The second kappa shape index (κ2) is 13.4. The van der Waals surface area contributed by atoms with Gasteiger partial charge in [-0.2, -0.15) is 0 Å². The number of aromatic nitrogens is 2. The van der Waals surface area contributed by atoms with E-state index in [0.717, 1.165) is 28.0 Å². The number of benzene rings is 4. The van der Waals surface area contributed by atoms with E-state index in [2.05, 4.69) is 118 Å². The molecule has 206 valence electrons. The first kappa shape index (κ1) is 28.3. The van der Waals surface area contributed by atoms with Gasteiger partial charge in [-0.3, -0.25) is 0 Å². The molecule has 0 bridgehead atoms. The monoisotopic (exact) mass is 546 g/mol. The van der Waals surface area contributed by atoms with Crippen molar-refractivity contribution in [3.8, 4) is 33.6 Å². The first-order valence-electron chi connectivity index (χ1n) is 15.2. The van der Waals surface area contributed by atoms with E-state index in [0.29, 0.717) is 0 Å². The Morgan fingerprint density at radius 2 is 1.18 bits per heavy atom.